The van der Waals surface area contributed by atoms with Crippen LogP contribution in [0.15, 0.2) is 99.3 Å². The van der Waals surface area contributed by atoms with Crippen LogP contribution >= 0.6 is 15.9 Å². The molecule has 1 amide bonds. The van der Waals surface area contributed by atoms with E-state index < -0.39 is 23.5 Å². The summed E-state index contributed by atoms with van der Waals surface area (Å²) in [6, 6.07) is 19.4. The molecule has 0 spiro atoms. The van der Waals surface area contributed by atoms with E-state index in [4.69, 9.17) is 4.42 Å². The minimum absolute atomic E-state index is 0.0565. The predicted octanol–water partition coefficient (Wildman–Crippen LogP) is 5.22. The summed E-state index contributed by atoms with van der Waals surface area (Å²) in [6.45, 7) is 0.135. The molecule has 0 aliphatic carbocycles. The third kappa shape index (κ3) is 4.00. The molecule has 1 unspecified atom stereocenters. The van der Waals surface area contributed by atoms with Crippen molar-refractivity contribution in [1.29, 1.82) is 0 Å². The van der Waals surface area contributed by atoms with Crippen LogP contribution in [0.1, 0.15) is 22.9 Å². The molecule has 0 saturated carbocycles. The number of nitrogens with zero attached hydrogens (tertiary/aromatic N) is 1. The molecule has 0 bridgehead atoms. The molecule has 2 heterocycles. The zero-order valence-corrected chi connectivity index (χ0v) is 17.5. The van der Waals surface area contributed by atoms with Gasteiger partial charge in [0.15, 0.2) is 11.5 Å². The number of aliphatic hydroxyl groups excluding tert-OH is 1. The number of hydrogen-bond acceptors (Lipinski definition) is 4. The van der Waals surface area contributed by atoms with Gasteiger partial charge >= 0.3 is 0 Å². The number of allylic oxidation sites excluding steroid dienone is 1. The molecule has 150 valence electrons. The van der Waals surface area contributed by atoms with Gasteiger partial charge in [0, 0.05) is 4.47 Å². The number of benzene rings is 2. The van der Waals surface area contributed by atoms with Crippen molar-refractivity contribution in [3.05, 3.63) is 112 Å². The maximum Gasteiger partial charge on any atom is 0.290 e. The number of carbonyl (C=O) groups is 2. The second kappa shape index (κ2) is 8.55. The summed E-state index contributed by atoms with van der Waals surface area (Å²) in [5.41, 5.74) is 1.63. The van der Waals surface area contributed by atoms with Gasteiger partial charge < -0.3 is 14.4 Å². The van der Waals surface area contributed by atoms with Crippen LogP contribution in [-0.2, 0) is 16.1 Å². The largest absolute Gasteiger partial charge is 0.503 e. The molecule has 6 heteroatoms. The van der Waals surface area contributed by atoms with Gasteiger partial charge in [0.05, 0.1) is 24.4 Å². The molecule has 0 radical (unpaired) electrons. The number of amides is 1. The maximum absolute atomic E-state index is 13.1. The maximum atomic E-state index is 13.1. The first-order valence-corrected chi connectivity index (χ1v) is 10.1. The fourth-order valence-electron chi connectivity index (χ4n) is 3.46. The highest BCUT2D eigenvalue weighted by Gasteiger charge is 2.43. The van der Waals surface area contributed by atoms with Gasteiger partial charge in [0.1, 0.15) is 5.76 Å². The van der Waals surface area contributed by atoms with Gasteiger partial charge in [-0.05, 0) is 41.5 Å². The van der Waals surface area contributed by atoms with Crippen LogP contribution in [0.3, 0.4) is 0 Å². The first-order chi connectivity index (χ1) is 14.5. The van der Waals surface area contributed by atoms with Gasteiger partial charge in [0.2, 0.25) is 0 Å². The summed E-state index contributed by atoms with van der Waals surface area (Å²) >= 11 is 3.40. The summed E-state index contributed by atoms with van der Waals surface area (Å²) < 4.78 is 6.26. The molecule has 3 aromatic rings. The highest BCUT2D eigenvalue weighted by Crippen LogP contribution is 2.39. The monoisotopic (exact) mass is 463 g/mol. The van der Waals surface area contributed by atoms with Crippen molar-refractivity contribution in [3.8, 4) is 0 Å². The molecule has 1 aromatic heterocycles. The van der Waals surface area contributed by atoms with Crippen molar-refractivity contribution in [3.63, 3.8) is 0 Å². The number of halogens is 1. The van der Waals surface area contributed by atoms with E-state index in [0.29, 0.717) is 5.76 Å². The molecule has 5 nitrogen and oxygen atoms in total. The van der Waals surface area contributed by atoms with E-state index >= 15 is 0 Å². The Morgan fingerprint density at radius 1 is 1.07 bits per heavy atom. The third-order valence-corrected chi connectivity index (χ3v) is 5.42. The lowest BCUT2D eigenvalue weighted by Crippen LogP contribution is -2.30. The van der Waals surface area contributed by atoms with Crippen molar-refractivity contribution in [2.75, 3.05) is 0 Å². The second-order valence-electron chi connectivity index (χ2n) is 6.84. The van der Waals surface area contributed by atoms with E-state index in [0.717, 1.165) is 15.6 Å². The Bertz CT molecular complexity index is 1120. The van der Waals surface area contributed by atoms with Crippen LogP contribution in [0.25, 0.3) is 6.08 Å². The van der Waals surface area contributed by atoms with Gasteiger partial charge in [-0.3, -0.25) is 9.59 Å². The van der Waals surface area contributed by atoms with Crippen LogP contribution in [0, 0.1) is 0 Å². The molecular formula is C24H18BrNO4. The number of furan rings is 1. The lowest BCUT2D eigenvalue weighted by atomic mass is 9.95. The lowest BCUT2D eigenvalue weighted by molar-refractivity contribution is -0.130. The number of aliphatic hydroxyl groups is 1. The number of carbonyl (C=O) groups excluding carboxylic acids is 2. The molecule has 30 heavy (non-hydrogen) atoms. The zero-order valence-electron chi connectivity index (χ0n) is 15.9. The summed E-state index contributed by atoms with van der Waals surface area (Å²) in [5.74, 6) is -0.987. The minimum atomic E-state index is -0.719. The van der Waals surface area contributed by atoms with Crippen molar-refractivity contribution < 1.29 is 19.1 Å². The van der Waals surface area contributed by atoms with Crippen LogP contribution in [0.2, 0.25) is 0 Å². The Kier molecular flexibility index (Phi) is 5.68. The number of hydrogen-bond donors (Lipinski definition) is 1. The average molecular weight is 464 g/mol. The van der Waals surface area contributed by atoms with E-state index in [1.54, 1.807) is 18.2 Å². The molecule has 0 saturated heterocycles. The van der Waals surface area contributed by atoms with Crippen LogP contribution in [0.5, 0.6) is 0 Å². The predicted molar refractivity (Wildman–Crippen MR) is 116 cm³/mol. The van der Waals surface area contributed by atoms with Crippen molar-refractivity contribution >= 4 is 33.7 Å². The molecule has 2 aromatic carbocycles. The third-order valence-electron chi connectivity index (χ3n) is 4.89. The van der Waals surface area contributed by atoms with E-state index in [-0.39, 0.29) is 12.1 Å². The summed E-state index contributed by atoms with van der Waals surface area (Å²) in [4.78, 5) is 27.4. The Labute approximate surface area is 182 Å². The molecule has 4 rings (SSSR count). The van der Waals surface area contributed by atoms with Gasteiger partial charge in [0.25, 0.3) is 5.91 Å². The Morgan fingerprint density at radius 2 is 1.80 bits per heavy atom. The Morgan fingerprint density at radius 3 is 2.47 bits per heavy atom. The van der Waals surface area contributed by atoms with E-state index in [2.05, 4.69) is 15.9 Å². The number of ketones is 1. The molecule has 0 fully saturated rings. The topological polar surface area (TPSA) is 70.8 Å². The summed E-state index contributed by atoms with van der Waals surface area (Å²) in [7, 11) is 0. The Hall–Kier alpha value is -3.38. The second-order valence-corrected chi connectivity index (χ2v) is 7.75. The number of rotatable bonds is 6. The van der Waals surface area contributed by atoms with E-state index in [1.165, 1.54) is 17.2 Å². The molecule has 1 atom stereocenters. The highest BCUT2D eigenvalue weighted by molar-refractivity contribution is 9.10. The smallest absolute Gasteiger partial charge is 0.290 e. The van der Waals surface area contributed by atoms with E-state index in [9.17, 15) is 14.7 Å². The summed E-state index contributed by atoms with van der Waals surface area (Å²) in [5, 5.41) is 10.6. The normalized spacial score (nSPS) is 16.6. The quantitative estimate of drug-likeness (QED) is 0.508. The standard InChI is InChI=1S/C24H18BrNO4/c25-18-11-9-17(10-12-18)22-21(20(27)13-8-16-5-2-1-3-6-16)23(28)24(29)26(22)15-19-7-4-14-30-19/h1-14,22,28H,15H2/b13-8+. The van der Waals surface area contributed by atoms with Crippen LogP contribution < -0.4 is 0 Å². The lowest BCUT2D eigenvalue weighted by Gasteiger charge is -2.25. The molecule has 1 N–H and O–H groups in total. The SMILES string of the molecule is O=C(/C=C/c1ccccc1)C1=C(O)C(=O)N(Cc2ccco2)C1c1ccc(Br)cc1. The molecule has 1 aliphatic heterocycles. The van der Waals surface area contributed by atoms with Gasteiger partial charge in [-0.25, -0.2) is 0 Å². The van der Waals surface area contributed by atoms with Gasteiger partial charge in [-0.2, -0.15) is 0 Å². The zero-order chi connectivity index (χ0) is 21.1. The fourth-order valence-corrected chi connectivity index (χ4v) is 3.72. The highest BCUT2D eigenvalue weighted by atomic mass is 79.9. The van der Waals surface area contributed by atoms with Crippen LogP contribution in [0.4, 0.5) is 0 Å². The first-order valence-electron chi connectivity index (χ1n) is 9.34. The van der Waals surface area contributed by atoms with Crippen molar-refractivity contribution in [2.24, 2.45) is 0 Å². The van der Waals surface area contributed by atoms with Gasteiger partial charge in [-0.15, -0.1) is 0 Å². The Balaban J connectivity index is 1.72. The van der Waals surface area contributed by atoms with E-state index in [1.807, 2.05) is 54.6 Å². The first kappa shape index (κ1) is 19.9. The molecule has 1 aliphatic rings. The van der Waals surface area contributed by atoms with Crippen LogP contribution in [-0.4, -0.2) is 21.7 Å². The van der Waals surface area contributed by atoms with Crippen molar-refractivity contribution in [2.45, 2.75) is 12.6 Å². The fraction of sp³-hybridized carbons (Fsp3) is 0.0833. The minimum Gasteiger partial charge on any atom is -0.503 e. The van der Waals surface area contributed by atoms with Gasteiger partial charge in [-0.1, -0.05) is 64.5 Å². The van der Waals surface area contributed by atoms with Crippen molar-refractivity contribution in [1.82, 2.24) is 4.90 Å². The summed E-state index contributed by atoms with van der Waals surface area (Å²) in [6.07, 6.45) is 4.57. The molecular weight excluding hydrogens is 446 g/mol. The average Bonchev–Trinajstić information content (AvgIpc) is 3.36.